The Hall–Kier alpha value is -1.13. The first-order chi connectivity index (χ1) is 7.13. The monoisotopic (exact) mass is 267 g/mol. The minimum absolute atomic E-state index is 0.107. The number of benzene rings is 1. The van der Waals surface area contributed by atoms with Gasteiger partial charge in [0.2, 0.25) is 0 Å². The van der Waals surface area contributed by atoms with Gasteiger partial charge in [0.05, 0.1) is 12.1 Å². The lowest BCUT2D eigenvalue weighted by molar-refractivity contribution is 0.283. The van der Waals surface area contributed by atoms with Crippen LogP contribution in [-0.2, 0) is 13.7 Å². The third kappa shape index (κ3) is 1.70. The van der Waals surface area contributed by atoms with Gasteiger partial charge < -0.3 is 9.67 Å². The van der Waals surface area contributed by atoms with Crippen molar-refractivity contribution in [1.82, 2.24) is 4.57 Å². The molecular weight excluding hydrogens is 258 g/mol. The van der Waals surface area contributed by atoms with Crippen LogP contribution in [0.3, 0.4) is 0 Å². The second kappa shape index (κ2) is 3.79. The normalized spacial score (nSPS) is 10.9. The van der Waals surface area contributed by atoms with Crippen molar-refractivity contribution >= 4 is 26.8 Å². The Labute approximate surface area is 95.1 Å². The molecule has 0 aliphatic rings. The lowest BCUT2D eigenvalue weighted by atomic mass is 10.1. The summed E-state index contributed by atoms with van der Waals surface area (Å²) in [6.07, 6.45) is 0. The number of fused-ring (bicyclic) bond motifs is 1. The minimum Gasteiger partial charge on any atom is -0.392 e. The molecule has 78 valence electrons. The quantitative estimate of drug-likeness (QED) is 0.856. The SMILES string of the molecule is Cn1c(=O)cc(CO)c2ccc(Br)cc21. The second-order valence-electron chi connectivity index (χ2n) is 3.39. The number of aryl methyl sites for hydroxylation is 1. The first kappa shape index (κ1) is 10.4. The predicted molar refractivity (Wildman–Crippen MR) is 62.8 cm³/mol. The molecule has 0 fully saturated rings. The Morgan fingerprint density at radius 1 is 1.40 bits per heavy atom. The number of aliphatic hydroxyl groups is 1. The van der Waals surface area contributed by atoms with Crippen molar-refractivity contribution in [2.24, 2.45) is 7.05 Å². The Bertz CT molecular complexity index is 575. The maximum absolute atomic E-state index is 11.6. The molecule has 0 radical (unpaired) electrons. The van der Waals surface area contributed by atoms with Crippen molar-refractivity contribution in [3.05, 3.63) is 44.7 Å². The standard InChI is InChI=1S/C11H10BrNO2/c1-13-10-5-8(12)2-3-9(10)7(6-14)4-11(13)15/h2-5,14H,6H2,1H3. The Balaban J connectivity index is 2.96. The van der Waals surface area contributed by atoms with Crippen molar-refractivity contribution < 1.29 is 5.11 Å². The van der Waals surface area contributed by atoms with E-state index in [0.717, 1.165) is 15.4 Å². The third-order valence-electron chi connectivity index (χ3n) is 2.47. The smallest absolute Gasteiger partial charge is 0.251 e. The molecule has 0 atom stereocenters. The topological polar surface area (TPSA) is 42.2 Å². The summed E-state index contributed by atoms with van der Waals surface area (Å²) in [6.45, 7) is -0.117. The summed E-state index contributed by atoms with van der Waals surface area (Å²) < 4.78 is 2.49. The maximum Gasteiger partial charge on any atom is 0.251 e. The molecule has 1 N–H and O–H groups in total. The van der Waals surface area contributed by atoms with Crippen LogP contribution < -0.4 is 5.56 Å². The fourth-order valence-electron chi connectivity index (χ4n) is 1.63. The second-order valence-corrected chi connectivity index (χ2v) is 4.30. The minimum atomic E-state index is -0.117. The number of aliphatic hydroxyl groups excluding tert-OH is 1. The molecule has 1 heterocycles. The zero-order valence-corrected chi connectivity index (χ0v) is 9.78. The van der Waals surface area contributed by atoms with E-state index in [1.807, 2.05) is 18.2 Å². The van der Waals surface area contributed by atoms with Crippen LogP contribution in [0.2, 0.25) is 0 Å². The third-order valence-corrected chi connectivity index (χ3v) is 2.96. The Kier molecular flexibility index (Phi) is 2.63. The highest BCUT2D eigenvalue weighted by atomic mass is 79.9. The van der Waals surface area contributed by atoms with Gasteiger partial charge in [0.25, 0.3) is 5.56 Å². The molecule has 1 aromatic heterocycles. The summed E-state index contributed by atoms with van der Waals surface area (Å²) in [5.41, 5.74) is 1.38. The molecular formula is C11H10BrNO2. The first-order valence-electron chi connectivity index (χ1n) is 4.52. The Morgan fingerprint density at radius 2 is 2.13 bits per heavy atom. The fourth-order valence-corrected chi connectivity index (χ4v) is 1.98. The molecule has 0 unspecified atom stereocenters. The van der Waals surface area contributed by atoms with Crippen LogP contribution >= 0.6 is 15.9 Å². The lowest BCUT2D eigenvalue weighted by Gasteiger charge is -2.08. The van der Waals surface area contributed by atoms with E-state index < -0.39 is 0 Å². The van der Waals surface area contributed by atoms with Gasteiger partial charge in [0, 0.05) is 23.0 Å². The average molecular weight is 268 g/mol. The number of nitrogens with zero attached hydrogens (tertiary/aromatic N) is 1. The van der Waals surface area contributed by atoms with Crippen molar-refractivity contribution in [2.45, 2.75) is 6.61 Å². The number of halogens is 1. The van der Waals surface area contributed by atoms with Gasteiger partial charge in [0.15, 0.2) is 0 Å². The molecule has 2 aromatic rings. The fraction of sp³-hybridized carbons (Fsp3) is 0.182. The van der Waals surface area contributed by atoms with Crippen LogP contribution in [-0.4, -0.2) is 9.67 Å². The molecule has 0 saturated heterocycles. The molecule has 15 heavy (non-hydrogen) atoms. The lowest BCUT2D eigenvalue weighted by Crippen LogP contribution is -2.17. The zero-order chi connectivity index (χ0) is 11.0. The van der Waals surface area contributed by atoms with Crippen molar-refractivity contribution in [2.75, 3.05) is 0 Å². The summed E-state index contributed by atoms with van der Waals surface area (Å²) in [5.74, 6) is 0. The van der Waals surface area contributed by atoms with E-state index in [0.29, 0.717) is 5.56 Å². The van der Waals surface area contributed by atoms with Gasteiger partial charge >= 0.3 is 0 Å². The van der Waals surface area contributed by atoms with Crippen molar-refractivity contribution in [3.63, 3.8) is 0 Å². The molecule has 0 saturated carbocycles. The van der Waals surface area contributed by atoms with Gasteiger partial charge in [-0.05, 0) is 17.7 Å². The summed E-state index contributed by atoms with van der Waals surface area (Å²) in [5, 5.41) is 10.1. The molecule has 3 nitrogen and oxygen atoms in total. The molecule has 0 bridgehead atoms. The number of pyridine rings is 1. The van der Waals surface area contributed by atoms with Gasteiger partial charge in [-0.25, -0.2) is 0 Å². The van der Waals surface area contributed by atoms with E-state index >= 15 is 0 Å². The van der Waals surface area contributed by atoms with E-state index in [9.17, 15) is 4.79 Å². The van der Waals surface area contributed by atoms with Crippen molar-refractivity contribution in [3.8, 4) is 0 Å². The molecule has 4 heteroatoms. The van der Waals surface area contributed by atoms with Gasteiger partial charge in [-0.3, -0.25) is 4.79 Å². The molecule has 2 rings (SSSR count). The highest BCUT2D eigenvalue weighted by molar-refractivity contribution is 9.10. The van der Waals surface area contributed by atoms with Gasteiger partial charge in [0.1, 0.15) is 0 Å². The van der Waals surface area contributed by atoms with Crippen LogP contribution in [0.25, 0.3) is 10.9 Å². The largest absolute Gasteiger partial charge is 0.392 e. The molecule has 0 amide bonds. The Morgan fingerprint density at radius 3 is 2.80 bits per heavy atom. The van der Waals surface area contributed by atoms with E-state index in [1.165, 1.54) is 6.07 Å². The van der Waals surface area contributed by atoms with E-state index in [-0.39, 0.29) is 12.2 Å². The highest BCUT2D eigenvalue weighted by Crippen LogP contribution is 2.21. The number of aromatic nitrogens is 1. The zero-order valence-electron chi connectivity index (χ0n) is 8.20. The van der Waals surface area contributed by atoms with E-state index in [4.69, 9.17) is 5.11 Å². The number of hydrogen-bond acceptors (Lipinski definition) is 2. The van der Waals surface area contributed by atoms with Gasteiger partial charge in [-0.1, -0.05) is 22.0 Å². The van der Waals surface area contributed by atoms with Crippen LogP contribution in [0.15, 0.2) is 33.5 Å². The summed E-state index contributed by atoms with van der Waals surface area (Å²) in [6, 6.07) is 7.13. The first-order valence-corrected chi connectivity index (χ1v) is 5.32. The van der Waals surface area contributed by atoms with Crippen LogP contribution in [0.5, 0.6) is 0 Å². The summed E-state index contributed by atoms with van der Waals surface area (Å²) >= 11 is 3.36. The van der Waals surface area contributed by atoms with Crippen LogP contribution in [0.4, 0.5) is 0 Å². The molecule has 0 spiro atoms. The highest BCUT2D eigenvalue weighted by Gasteiger charge is 2.05. The molecule has 0 aliphatic carbocycles. The number of hydrogen-bond donors (Lipinski definition) is 1. The average Bonchev–Trinajstić information content (AvgIpc) is 2.23. The number of rotatable bonds is 1. The van der Waals surface area contributed by atoms with Crippen LogP contribution in [0.1, 0.15) is 5.56 Å². The predicted octanol–water partition coefficient (Wildman–Crippen LogP) is 1.79. The summed E-state index contributed by atoms with van der Waals surface area (Å²) in [4.78, 5) is 11.6. The van der Waals surface area contributed by atoms with Crippen LogP contribution in [0, 0.1) is 0 Å². The van der Waals surface area contributed by atoms with E-state index in [2.05, 4.69) is 15.9 Å². The maximum atomic E-state index is 11.6. The van der Waals surface area contributed by atoms with Gasteiger partial charge in [-0.2, -0.15) is 0 Å². The summed E-state index contributed by atoms with van der Waals surface area (Å²) in [7, 11) is 1.72. The van der Waals surface area contributed by atoms with Gasteiger partial charge in [-0.15, -0.1) is 0 Å². The van der Waals surface area contributed by atoms with Crippen molar-refractivity contribution in [1.29, 1.82) is 0 Å². The molecule has 1 aromatic carbocycles. The molecule has 0 aliphatic heterocycles. The van der Waals surface area contributed by atoms with E-state index in [1.54, 1.807) is 11.6 Å².